The largest absolute Gasteiger partial charge is 0.472 e. The van der Waals surface area contributed by atoms with E-state index in [9.17, 15) is 0 Å². The van der Waals surface area contributed by atoms with Gasteiger partial charge in [-0.2, -0.15) is 10.1 Å². The van der Waals surface area contributed by atoms with Crippen LogP contribution in [0.2, 0.25) is 0 Å². The van der Waals surface area contributed by atoms with Crippen LogP contribution >= 0.6 is 0 Å². The van der Waals surface area contributed by atoms with E-state index in [0.29, 0.717) is 29.5 Å². The lowest BCUT2D eigenvalue weighted by Crippen LogP contribution is -2.05. The third-order valence-corrected chi connectivity index (χ3v) is 5.27. The molecule has 0 unspecified atom stereocenters. The first-order valence-corrected chi connectivity index (χ1v) is 10.5. The summed E-state index contributed by atoms with van der Waals surface area (Å²) >= 11 is 0. The van der Waals surface area contributed by atoms with Crippen LogP contribution in [0.4, 0.5) is 11.6 Å². The molecule has 0 aliphatic carbocycles. The van der Waals surface area contributed by atoms with Gasteiger partial charge in [0.1, 0.15) is 18.2 Å². The lowest BCUT2D eigenvalue weighted by molar-refractivity contribution is 0.296. The van der Waals surface area contributed by atoms with Crippen molar-refractivity contribution in [1.29, 1.82) is 0 Å². The molecule has 0 aliphatic rings. The molecule has 0 atom stereocenters. The highest BCUT2D eigenvalue weighted by atomic mass is 16.5. The zero-order valence-corrected chi connectivity index (χ0v) is 18.4. The highest BCUT2D eigenvalue weighted by Crippen LogP contribution is 2.33. The number of nitrogens with two attached hydrogens (primary N) is 2. The number of anilines is 2. The summed E-state index contributed by atoms with van der Waals surface area (Å²) in [5.74, 6) is 1.29. The van der Waals surface area contributed by atoms with Crippen LogP contribution in [0, 0.1) is 13.8 Å². The van der Waals surface area contributed by atoms with Gasteiger partial charge < -0.3 is 16.2 Å². The zero-order valence-electron chi connectivity index (χ0n) is 18.4. The highest BCUT2D eigenvalue weighted by Gasteiger charge is 2.19. The molecule has 8 heteroatoms. The Labute approximate surface area is 190 Å². The van der Waals surface area contributed by atoms with E-state index in [4.69, 9.17) is 26.3 Å². The van der Waals surface area contributed by atoms with Crippen LogP contribution in [-0.4, -0.2) is 24.7 Å². The van der Waals surface area contributed by atoms with Gasteiger partial charge in [0.25, 0.3) is 0 Å². The number of aryl methyl sites for hydroxylation is 2. The molecule has 0 radical (unpaired) electrons. The average Bonchev–Trinajstić information content (AvgIpc) is 3.12. The fourth-order valence-corrected chi connectivity index (χ4v) is 3.75. The van der Waals surface area contributed by atoms with E-state index in [1.165, 1.54) is 6.07 Å². The van der Waals surface area contributed by atoms with E-state index in [1.807, 2.05) is 73.1 Å². The maximum absolute atomic E-state index is 6.21. The van der Waals surface area contributed by atoms with E-state index < -0.39 is 0 Å². The Kier molecular flexibility index (Phi) is 5.10. The molecule has 0 amide bonds. The van der Waals surface area contributed by atoms with Crippen molar-refractivity contribution in [3.8, 4) is 23.0 Å². The zero-order chi connectivity index (χ0) is 22.9. The predicted octanol–water partition coefficient (Wildman–Crippen LogP) is 4.24. The van der Waals surface area contributed by atoms with E-state index in [1.54, 1.807) is 0 Å². The van der Waals surface area contributed by atoms with E-state index in [0.717, 1.165) is 27.9 Å². The average molecular weight is 438 g/mol. The third kappa shape index (κ3) is 4.06. The first-order chi connectivity index (χ1) is 16.0. The number of aromatic nitrogens is 5. The molecule has 5 aromatic rings. The van der Waals surface area contributed by atoms with Crippen molar-refractivity contribution in [2.24, 2.45) is 0 Å². The second-order valence-electron chi connectivity index (χ2n) is 7.86. The highest BCUT2D eigenvalue weighted by molar-refractivity contribution is 5.86. The first kappa shape index (κ1) is 20.4. The molecule has 0 bridgehead atoms. The number of ether oxygens (including phenoxy) is 1. The molecular formula is C25H23N7O. The fourth-order valence-electron chi connectivity index (χ4n) is 3.75. The quantitative estimate of drug-likeness (QED) is 0.422. The molecule has 5 rings (SSSR count). The van der Waals surface area contributed by atoms with Gasteiger partial charge in [-0.25, -0.2) is 14.6 Å². The van der Waals surface area contributed by atoms with Crippen LogP contribution in [0.3, 0.4) is 0 Å². The number of benzene rings is 2. The summed E-state index contributed by atoms with van der Waals surface area (Å²) in [5.41, 5.74) is 17.1. The van der Waals surface area contributed by atoms with Gasteiger partial charge >= 0.3 is 0 Å². The SMILES string of the molecule is Cc1cccc(COc2nc3c(cc2-c2nc(N)cc(N)n2)c(C)nn3-c2ccccc2)c1. The van der Waals surface area contributed by atoms with Crippen LogP contribution in [0.5, 0.6) is 5.88 Å². The molecule has 0 saturated carbocycles. The number of rotatable bonds is 5. The van der Waals surface area contributed by atoms with Gasteiger partial charge in [0.05, 0.1) is 16.9 Å². The minimum atomic E-state index is 0.277. The number of fused-ring (bicyclic) bond motifs is 1. The normalized spacial score (nSPS) is 11.1. The van der Waals surface area contributed by atoms with Crippen molar-refractivity contribution in [2.45, 2.75) is 20.5 Å². The van der Waals surface area contributed by atoms with Gasteiger partial charge in [0.2, 0.25) is 5.88 Å². The minimum Gasteiger partial charge on any atom is -0.472 e. The fraction of sp³-hybridized carbons (Fsp3) is 0.120. The first-order valence-electron chi connectivity index (χ1n) is 10.5. The summed E-state index contributed by atoms with van der Waals surface area (Å²) in [7, 11) is 0. The summed E-state index contributed by atoms with van der Waals surface area (Å²) in [4.78, 5) is 13.6. The Morgan fingerprint density at radius 1 is 0.848 bits per heavy atom. The van der Waals surface area contributed by atoms with Crippen LogP contribution in [0.1, 0.15) is 16.8 Å². The van der Waals surface area contributed by atoms with E-state index in [2.05, 4.69) is 16.0 Å². The Morgan fingerprint density at radius 2 is 1.61 bits per heavy atom. The number of para-hydroxylation sites is 1. The minimum absolute atomic E-state index is 0.277. The Balaban J connectivity index is 1.68. The Hall–Kier alpha value is -4.46. The van der Waals surface area contributed by atoms with Crippen LogP contribution < -0.4 is 16.2 Å². The van der Waals surface area contributed by atoms with Crippen molar-refractivity contribution in [1.82, 2.24) is 24.7 Å². The number of nitrogen functional groups attached to an aromatic ring is 2. The van der Waals surface area contributed by atoms with E-state index in [-0.39, 0.29) is 11.6 Å². The molecule has 164 valence electrons. The van der Waals surface area contributed by atoms with Crippen molar-refractivity contribution in [3.05, 3.63) is 83.6 Å². The van der Waals surface area contributed by atoms with Crippen molar-refractivity contribution in [3.63, 3.8) is 0 Å². The van der Waals surface area contributed by atoms with Crippen molar-refractivity contribution in [2.75, 3.05) is 11.5 Å². The molecule has 0 saturated heterocycles. The van der Waals surface area contributed by atoms with Crippen molar-refractivity contribution >= 4 is 22.7 Å². The van der Waals surface area contributed by atoms with Gasteiger partial charge in [0.15, 0.2) is 11.5 Å². The van der Waals surface area contributed by atoms with Crippen LogP contribution in [0.25, 0.3) is 28.1 Å². The second kappa shape index (κ2) is 8.23. The molecule has 0 fully saturated rings. The van der Waals surface area contributed by atoms with Crippen LogP contribution in [0.15, 0.2) is 66.7 Å². The number of hydrogen-bond acceptors (Lipinski definition) is 7. The molecule has 3 heterocycles. The third-order valence-electron chi connectivity index (χ3n) is 5.27. The van der Waals surface area contributed by atoms with Crippen molar-refractivity contribution < 1.29 is 4.74 Å². The molecule has 33 heavy (non-hydrogen) atoms. The molecule has 2 aromatic carbocycles. The molecule has 8 nitrogen and oxygen atoms in total. The van der Waals surface area contributed by atoms with Crippen LogP contribution in [-0.2, 0) is 6.61 Å². The summed E-state index contributed by atoms with van der Waals surface area (Å²) in [6.45, 7) is 4.32. The lowest BCUT2D eigenvalue weighted by atomic mass is 10.1. The molecule has 0 spiro atoms. The van der Waals surface area contributed by atoms with Gasteiger partial charge in [-0.1, -0.05) is 48.0 Å². The number of pyridine rings is 1. The van der Waals surface area contributed by atoms with Gasteiger partial charge in [-0.3, -0.25) is 0 Å². The van der Waals surface area contributed by atoms with Gasteiger partial charge in [-0.15, -0.1) is 0 Å². The topological polar surface area (TPSA) is 118 Å². The van der Waals surface area contributed by atoms with Gasteiger partial charge in [-0.05, 0) is 37.6 Å². The maximum Gasteiger partial charge on any atom is 0.227 e. The summed E-state index contributed by atoms with van der Waals surface area (Å²) < 4.78 is 8.01. The number of nitrogens with zero attached hydrogens (tertiary/aromatic N) is 5. The second-order valence-corrected chi connectivity index (χ2v) is 7.86. The summed E-state index contributed by atoms with van der Waals surface area (Å²) in [5, 5.41) is 5.57. The van der Waals surface area contributed by atoms with E-state index >= 15 is 0 Å². The lowest BCUT2D eigenvalue weighted by Gasteiger charge is -2.12. The smallest absolute Gasteiger partial charge is 0.227 e. The summed E-state index contributed by atoms with van der Waals surface area (Å²) in [6.07, 6.45) is 0. The molecule has 4 N–H and O–H groups in total. The molecular weight excluding hydrogens is 414 g/mol. The number of hydrogen-bond donors (Lipinski definition) is 2. The standard InChI is InChI=1S/C25H23N7O/c1-15-7-6-8-17(11-15)14-33-25-20(23-28-21(26)13-22(27)29-23)12-19-16(2)31-32(24(19)30-25)18-9-4-3-5-10-18/h3-13H,14H2,1-2H3,(H4,26,27,28,29). The maximum atomic E-state index is 6.21. The Morgan fingerprint density at radius 3 is 2.33 bits per heavy atom. The molecule has 3 aromatic heterocycles. The summed E-state index contributed by atoms with van der Waals surface area (Å²) in [6, 6.07) is 21.4. The monoisotopic (exact) mass is 437 g/mol. The van der Waals surface area contributed by atoms with Gasteiger partial charge in [0, 0.05) is 11.5 Å². The molecule has 0 aliphatic heterocycles. The Bertz CT molecular complexity index is 1440. The predicted molar refractivity (Wildman–Crippen MR) is 129 cm³/mol.